The van der Waals surface area contributed by atoms with E-state index < -0.39 is 5.91 Å². The van der Waals surface area contributed by atoms with Crippen LogP contribution in [0.1, 0.15) is 49.8 Å². The van der Waals surface area contributed by atoms with Crippen LogP contribution in [-0.2, 0) is 11.8 Å². The number of nitrogens with one attached hydrogen (secondary N) is 2. The van der Waals surface area contributed by atoms with Crippen molar-refractivity contribution in [3.05, 3.63) is 35.9 Å². The zero-order valence-electron chi connectivity index (χ0n) is 21.1. The first-order chi connectivity index (χ1) is 17.2. The van der Waals surface area contributed by atoms with Crippen molar-refractivity contribution in [2.24, 2.45) is 18.7 Å². The predicted octanol–water partition coefficient (Wildman–Crippen LogP) is 3.58. The Morgan fingerprint density at radius 3 is 2.78 bits per heavy atom. The van der Waals surface area contributed by atoms with Gasteiger partial charge in [-0.1, -0.05) is 13.3 Å². The fraction of sp³-hybridized carbons (Fsp3) is 0.440. The van der Waals surface area contributed by atoms with Crippen LogP contribution in [0, 0.1) is 12.8 Å². The highest BCUT2D eigenvalue weighted by Gasteiger charge is 2.31. The van der Waals surface area contributed by atoms with Crippen molar-refractivity contribution < 1.29 is 19.1 Å². The van der Waals surface area contributed by atoms with E-state index in [-0.39, 0.29) is 29.5 Å². The Labute approximate surface area is 214 Å². The molecule has 2 amide bonds. The van der Waals surface area contributed by atoms with Gasteiger partial charge in [-0.2, -0.15) is 0 Å². The van der Waals surface area contributed by atoms with E-state index >= 15 is 0 Å². The largest absolute Gasteiger partial charge is 0.490 e. The van der Waals surface area contributed by atoms with Gasteiger partial charge >= 0.3 is 0 Å². The molecule has 4 N–H and O–H groups in total. The number of rotatable bonds is 10. The lowest BCUT2D eigenvalue weighted by atomic mass is 9.98. The number of ether oxygens (including phenoxy) is 2. The monoisotopic (exact) mass is 512 g/mol. The second-order valence-electron chi connectivity index (χ2n) is 9.20. The maximum absolute atomic E-state index is 12.3. The van der Waals surface area contributed by atoms with Gasteiger partial charge in [-0.05, 0) is 38.8 Å². The molecule has 1 saturated heterocycles. The standard InChI is InChI=1S/C25H32N6O4S/c1-6-15-7-22(32)29-20(15)12-34-25-17-9-21(35-13(2)3)18(24(26)33)8-16(17)19(10-27-25)30-36-23-11-31(5)14(4)28-23/h8-11,13,15,20,30H,6-7,12H2,1-5H3,(H2,26,33)(H,29,32)/t15-,20?/m1/s1. The van der Waals surface area contributed by atoms with Gasteiger partial charge in [0, 0.05) is 42.4 Å². The number of hydrogen-bond acceptors (Lipinski definition) is 8. The fourth-order valence-corrected chi connectivity index (χ4v) is 4.97. The molecule has 1 unspecified atom stereocenters. The summed E-state index contributed by atoms with van der Waals surface area (Å²) in [5.41, 5.74) is 6.63. The molecule has 36 heavy (non-hydrogen) atoms. The van der Waals surface area contributed by atoms with Crippen LogP contribution in [0.5, 0.6) is 11.6 Å². The molecule has 0 spiro atoms. The van der Waals surface area contributed by atoms with Gasteiger partial charge < -0.3 is 29.8 Å². The Morgan fingerprint density at radius 2 is 2.14 bits per heavy atom. The molecule has 4 rings (SSSR count). The van der Waals surface area contributed by atoms with Crippen molar-refractivity contribution in [3.63, 3.8) is 0 Å². The maximum atomic E-state index is 12.3. The number of anilines is 1. The van der Waals surface area contributed by atoms with Crippen molar-refractivity contribution in [1.29, 1.82) is 0 Å². The van der Waals surface area contributed by atoms with E-state index in [9.17, 15) is 9.59 Å². The summed E-state index contributed by atoms with van der Waals surface area (Å²) in [4.78, 5) is 33.2. The number of imidazole rings is 1. The number of hydrogen-bond donors (Lipinski definition) is 3. The molecule has 10 nitrogen and oxygen atoms in total. The summed E-state index contributed by atoms with van der Waals surface area (Å²) in [5, 5.41) is 5.15. The first kappa shape index (κ1) is 25.6. The number of nitrogens with two attached hydrogens (primary N) is 1. The summed E-state index contributed by atoms with van der Waals surface area (Å²) in [7, 11) is 1.93. The van der Waals surface area contributed by atoms with Gasteiger partial charge in [0.2, 0.25) is 11.8 Å². The number of amides is 2. The van der Waals surface area contributed by atoms with E-state index in [0.29, 0.717) is 41.1 Å². The third kappa shape index (κ3) is 5.51. The molecule has 192 valence electrons. The predicted molar refractivity (Wildman–Crippen MR) is 139 cm³/mol. The third-order valence-corrected chi connectivity index (χ3v) is 6.95. The molecule has 1 aliphatic rings. The average Bonchev–Trinajstić information content (AvgIpc) is 3.35. The topological polar surface area (TPSA) is 133 Å². The quantitative estimate of drug-likeness (QED) is 0.351. The normalized spacial score (nSPS) is 17.4. The number of pyridine rings is 1. The molecule has 1 aromatic carbocycles. The van der Waals surface area contributed by atoms with Crippen LogP contribution in [0.15, 0.2) is 29.6 Å². The van der Waals surface area contributed by atoms with E-state index in [0.717, 1.165) is 17.3 Å². The Balaban J connectivity index is 1.71. The number of fused-ring (bicyclic) bond motifs is 1. The Hall–Kier alpha value is -3.47. The second-order valence-corrected chi connectivity index (χ2v) is 10.0. The van der Waals surface area contributed by atoms with Crippen molar-refractivity contribution in [1.82, 2.24) is 19.9 Å². The number of carbonyl (C=O) groups excluding carboxylic acids is 2. The summed E-state index contributed by atoms with van der Waals surface area (Å²) in [5.74, 6) is 1.29. The molecule has 1 fully saturated rings. The van der Waals surface area contributed by atoms with E-state index in [2.05, 4.69) is 26.9 Å². The highest BCUT2D eigenvalue weighted by Crippen LogP contribution is 2.37. The van der Waals surface area contributed by atoms with Crippen LogP contribution in [0.4, 0.5) is 5.69 Å². The van der Waals surface area contributed by atoms with Gasteiger partial charge in [0.15, 0.2) is 0 Å². The van der Waals surface area contributed by atoms with Crippen molar-refractivity contribution >= 4 is 40.2 Å². The average molecular weight is 513 g/mol. The van der Waals surface area contributed by atoms with E-state index in [1.54, 1.807) is 18.3 Å². The molecule has 0 aliphatic carbocycles. The summed E-state index contributed by atoms with van der Waals surface area (Å²) >= 11 is 1.34. The lowest BCUT2D eigenvalue weighted by molar-refractivity contribution is -0.119. The van der Waals surface area contributed by atoms with Gasteiger partial charge in [-0.15, -0.1) is 0 Å². The maximum Gasteiger partial charge on any atom is 0.252 e. The van der Waals surface area contributed by atoms with Crippen LogP contribution in [0.3, 0.4) is 0 Å². The van der Waals surface area contributed by atoms with Crippen LogP contribution >= 0.6 is 11.9 Å². The first-order valence-electron chi connectivity index (χ1n) is 11.9. The van der Waals surface area contributed by atoms with Crippen LogP contribution in [-0.4, -0.2) is 45.1 Å². The summed E-state index contributed by atoms with van der Waals surface area (Å²) in [6.45, 7) is 8.04. The molecule has 2 aromatic heterocycles. The minimum Gasteiger partial charge on any atom is -0.490 e. The zero-order valence-corrected chi connectivity index (χ0v) is 21.9. The first-order valence-corrected chi connectivity index (χ1v) is 12.8. The van der Waals surface area contributed by atoms with Gasteiger partial charge in [0.05, 0.1) is 29.6 Å². The molecule has 3 aromatic rings. The minimum atomic E-state index is -0.592. The van der Waals surface area contributed by atoms with E-state index in [1.165, 1.54) is 11.9 Å². The van der Waals surface area contributed by atoms with Crippen molar-refractivity contribution in [2.75, 3.05) is 11.3 Å². The van der Waals surface area contributed by atoms with Gasteiger partial charge in [-0.3, -0.25) is 9.59 Å². The molecule has 11 heteroatoms. The van der Waals surface area contributed by atoms with E-state index in [1.807, 2.05) is 38.6 Å². The number of nitrogens with zero attached hydrogens (tertiary/aromatic N) is 3. The lowest BCUT2D eigenvalue weighted by Gasteiger charge is -2.20. The van der Waals surface area contributed by atoms with Crippen LogP contribution in [0.25, 0.3) is 10.8 Å². The molecule has 0 radical (unpaired) electrons. The Kier molecular flexibility index (Phi) is 7.58. The highest BCUT2D eigenvalue weighted by molar-refractivity contribution is 8.00. The van der Waals surface area contributed by atoms with Gasteiger partial charge in [0.1, 0.15) is 23.2 Å². The molecule has 3 heterocycles. The molecule has 1 aliphatic heterocycles. The minimum absolute atomic E-state index is 0.0355. The zero-order chi connectivity index (χ0) is 26.0. The third-order valence-electron chi connectivity index (χ3n) is 6.22. The number of aryl methyl sites for hydroxylation is 2. The highest BCUT2D eigenvalue weighted by atomic mass is 32.2. The molecule has 2 atom stereocenters. The molecular weight excluding hydrogens is 480 g/mol. The van der Waals surface area contributed by atoms with Gasteiger partial charge in [0.25, 0.3) is 5.91 Å². The van der Waals surface area contributed by atoms with Crippen LogP contribution in [0.2, 0.25) is 0 Å². The SMILES string of the molecule is CC[C@@H]1CC(=O)NC1COc1ncc(NSc2cn(C)c(C)n2)c2cc(C(N)=O)c(OC(C)C)cc12. The van der Waals surface area contributed by atoms with Crippen LogP contribution < -0.4 is 25.2 Å². The number of aromatic nitrogens is 3. The number of carbonyl (C=O) groups is 2. The lowest BCUT2D eigenvalue weighted by Crippen LogP contribution is -2.34. The summed E-state index contributed by atoms with van der Waals surface area (Å²) in [6, 6.07) is 3.35. The Morgan fingerprint density at radius 1 is 1.36 bits per heavy atom. The smallest absolute Gasteiger partial charge is 0.252 e. The van der Waals surface area contributed by atoms with Gasteiger partial charge in [-0.25, -0.2) is 9.97 Å². The number of benzene rings is 1. The Bertz CT molecular complexity index is 1270. The molecular formula is C25H32N6O4S. The van der Waals surface area contributed by atoms with E-state index in [4.69, 9.17) is 15.2 Å². The summed E-state index contributed by atoms with van der Waals surface area (Å²) < 4.78 is 17.3. The fourth-order valence-electron chi connectivity index (χ4n) is 4.20. The molecule has 0 saturated carbocycles. The van der Waals surface area contributed by atoms with Crippen molar-refractivity contribution in [2.45, 2.75) is 57.7 Å². The second kappa shape index (κ2) is 10.7. The number of primary amides is 1. The summed E-state index contributed by atoms with van der Waals surface area (Å²) in [6.07, 6.45) is 4.78. The molecule has 0 bridgehead atoms. The van der Waals surface area contributed by atoms with Crippen molar-refractivity contribution in [3.8, 4) is 11.6 Å².